The van der Waals surface area contributed by atoms with E-state index in [-0.39, 0.29) is 12.7 Å². The van der Waals surface area contributed by atoms with Gasteiger partial charge in [-0.3, -0.25) is 4.84 Å². The maximum atomic E-state index is 10.4. The molecule has 0 aromatic carbocycles. The summed E-state index contributed by atoms with van der Waals surface area (Å²) in [5.74, 6) is 4.17. The smallest absolute Gasteiger partial charge is 0.334 e. The fourth-order valence-electron chi connectivity index (χ4n) is 0.365. The van der Waals surface area contributed by atoms with E-state index in [1.165, 1.54) is 0 Å². The van der Waals surface area contributed by atoms with Crippen molar-refractivity contribution in [1.29, 1.82) is 0 Å². The van der Waals surface area contributed by atoms with Gasteiger partial charge < -0.3 is 4.74 Å². The Bertz CT molecular complexity index is 92.2. The van der Waals surface area contributed by atoms with Gasteiger partial charge in [-0.05, 0) is 13.8 Å². The quantitative estimate of drug-likeness (QED) is 0.429. The van der Waals surface area contributed by atoms with Crippen LogP contribution in [0.5, 0.6) is 0 Å². The molecule has 0 saturated carbocycles. The third-order valence-corrected chi connectivity index (χ3v) is 0.568. The zero-order valence-corrected chi connectivity index (χ0v) is 5.59. The number of rotatable bonds is 3. The van der Waals surface area contributed by atoms with Gasteiger partial charge in [-0.15, -0.1) is 0 Å². The molecule has 0 atom stereocenters. The SMILES string of the molecule is CC(C)OC(=O)CON. The highest BCUT2D eigenvalue weighted by Gasteiger charge is 2.02. The van der Waals surface area contributed by atoms with Gasteiger partial charge in [0.25, 0.3) is 0 Å². The topological polar surface area (TPSA) is 61.5 Å². The predicted octanol–water partition coefficient (Wildman–Crippen LogP) is -0.172. The minimum Gasteiger partial charge on any atom is -0.461 e. The normalized spacial score (nSPS) is 9.78. The molecule has 4 nitrogen and oxygen atoms in total. The van der Waals surface area contributed by atoms with Gasteiger partial charge in [0.2, 0.25) is 0 Å². The first-order valence-corrected chi connectivity index (χ1v) is 2.68. The molecular weight excluding hydrogens is 122 g/mol. The molecule has 9 heavy (non-hydrogen) atoms. The van der Waals surface area contributed by atoms with Crippen LogP contribution in [-0.4, -0.2) is 18.7 Å². The van der Waals surface area contributed by atoms with Gasteiger partial charge in [0.05, 0.1) is 6.10 Å². The molecule has 54 valence electrons. The van der Waals surface area contributed by atoms with Crippen molar-refractivity contribution in [3.63, 3.8) is 0 Å². The Morgan fingerprint density at radius 3 is 2.56 bits per heavy atom. The summed E-state index contributed by atoms with van der Waals surface area (Å²) >= 11 is 0. The number of hydrogen-bond donors (Lipinski definition) is 1. The van der Waals surface area contributed by atoms with Crippen molar-refractivity contribution >= 4 is 5.97 Å². The van der Waals surface area contributed by atoms with Gasteiger partial charge in [0.15, 0.2) is 6.61 Å². The molecule has 0 heterocycles. The largest absolute Gasteiger partial charge is 0.461 e. The Kier molecular flexibility index (Phi) is 4.00. The Balaban J connectivity index is 3.27. The second-order valence-corrected chi connectivity index (χ2v) is 1.85. The Morgan fingerprint density at radius 2 is 2.22 bits per heavy atom. The molecule has 0 aromatic rings. The zero-order valence-electron chi connectivity index (χ0n) is 5.59. The molecule has 0 rings (SSSR count). The minimum absolute atomic E-state index is 0.104. The van der Waals surface area contributed by atoms with Crippen LogP contribution in [0.4, 0.5) is 0 Å². The van der Waals surface area contributed by atoms with E-state index in [4.69, 9.17) is 0 Å². The summed E-state index contributed by atoms with van der Waals surface area (Å²) in [6.07, 6.45) is -0.104. The summed E-state index contributed by atoms with van der Waals surface area (Å²) in [5.41, 5.74) is 0. The fraction of sp³-hybridized carbons (Fsp3) is 0.800. The minimum atomic E-state index is -0.437. The highest BCUT2D eigenvalue weighted by molar-refractivity contribution is 5.70. The van der Waals surface area contributed by atoms with E-state index >= 15 is 0 Å². The molecule has 0 unspecified atom stereocenters. The van der Waals surface area contributed by atoms with Gasteiger partial charge in [-0.25, -0.2) is 10.7 Å². The molecule has 2 N–H and O–H groups in total. The van der Waals surface area contributed by atoms with E-state index in [0.717, 1.165) is 0 Å². The number of carbonyl (C=O) groups is 1. The van der Waals surface area contributed by atoms with E-state index in [1.807, 2.05) is 0 Å². The molecule has 0 amide bonds. The first kappa shape index (κ1) is 8.39. The Labute approximate surface area is 53.9 Å². The van der Waals surface area contributed by atoms with Gasteiger partial charge in [0.1, 0.15) is 0 Å². The van der Waals surface area contributed by atoms with Crippen LogP contribution in [0.1, 0.15) is 13.8 Å². The summed E-state index contributed by atoms with van der Waals surface area (Å²) in [6, 6.07) is 0. The van der Waals surface area contributed by atoms with Crippen LogP contribution in [-0.2, 0) is 14.4 Å². The molecular formula is C5H11NO3. The van der Waals surface area contributed by atoms with Crippen molar-refractivity contribution in [3.8, 4) is 0 Å². The summed E-state index contributed by atoms with van der Waals surface area (Å²) < 4.78 is 4.65. The highest BCUT2D eigenvalue weighted by atomic mass is 16.6. The molecule has 0 fully saturated rings. The van der Waals surface area contributed by atoms with E-state index < -0.39 is 5.97 Å². The van der Waals surface area contributed by atoms with Crippen LogP contribution in [0.15, 0.2) is 0 Å². The van der Waals surface area contributed by atoms with Crippen molar-refractivity contribution in [2.75, 3.05) is 6.61 Å². The van der Waals surface area contributed by atoms with Gasteiger partial charge >= 0.3 is 5.97 Å². The average Bonchev–Trinajstić information content (AvgIpc) is 1.63. The summed E-state index contributed by atoms with van der Waals surface area (Å²) in [6.45, 7) is 3.33. The predicted molar refractivity (Wildman–Crippen MR) is 31.4 cm³/mol. The van der Waals surface area contributed by atoms with Crippen LogP contribution in [0, 0.1) is 0 Å². The van der Waals surface area contributed by atoms with Gasteiger partial charge in [-0.1, -0.05) is 0 Å². The average molecular weight is 133 g/mol. The van der Waals surface area contributed by atoms with Gasteiger partial charge in [0, 0.05) is 0 Å². The van der Waals surface area contributed by atoms with Crippen LogP contribution in [0.25, 0.3) is 0 Å². The number of nitrogens with two attached hydrogens (primary N) is 1. The Hall–Kier alpha value is -0.610. The standard InChI is InChI=1S/C5H11NO3/c1-4(2)9-5(7)3-8-6/h4H,3,6H2,1-2H3. The van der Waals surface area contributed by atoms with Crippen molar-refractivity contribution in [1.82, 2.24) is 0 Å². The molecule has 0 aromatic heterocycles. The second-order valence-electron chi connectivity index (χ2n) is 1.85. The van der Waals surface area contributed by atoms with Crippen LogP contribution >= 0.6 is 0 Å². The van der Waals surface area contributed by atoms with Crippen molar-refractivity contribution < 1.29 is 14.4 Å². The number of esters is 1. The summed E-state index contributed by atoms with van der Waals surface area (Å²) in [5, 5.41) is 0. The lowest BCUT2D eigenvalue weighted by atomic mass is 10.5. The van der Waals surface area contributed by atoms with Crippen LogP contribution in [0.2, 0.25) is 0 Å². The lowest BCUT2D eigenvalue weighted by molar-refractivity contribution is -0.152. The molecule has 0 aliphatic carbocycles. The van der Waals surface area contributed by atoms with E-state index in [9.17, 15) is 4.79 Å². The third-order valence-electron chi connectivity index (χ3n) is 0.568. The second kappa shape index (κ2) is 4.29. The third kappa shape index (κ3) is 5.26. The fourth-order valence-corrected chi connectivity index (χ4v) is 0.365. The number of hydrogen-bond acceptors (Lipinski definition) is 4. The zero-order chi connectivity index (χ0) is 7.28. The maximum Gasteiger partial charge on any atom is 0.334 e. The van der Waals surface area contributed by atoms with Crippen LogP contribution in [0.3, 0.4) is 0 Å². The monoisotopic (exact) mass is 133 g/mol. The van der Waals surface area contributed by atoms with Crippen molar-refractivity contribution in [2.24, 2.45) is 5.90 Å². The van der Waals surface area contributed by atoms with Crippen LogP contribution < -0.4 is 5.90 Å². The van der Waals surface area contributed by atoms with Crippen molar-refractivity contribution in [2.45, 2.75) is 20.0 Å². The highest BCUT2D eigenvalue weighted by Crippen LogP contribution is 1.87. The van der Waals surface area contributed by atoms with E-state index in [2.05, 4.69) is 15.5 Å². The molecule has 0 saturated heterocycles. The molecule has 4 heteroatoms. The number of ether oxygens (including phenoxy) is 1. The van der Waals surface area contributed by atoms with E-state index in [0.29, 0.717) is 0 Å². The molecule has 0 radical (unpaired) electrons. The molecule has 0 aliphatic rings. The maximum absolute atomic E-state index is 10.4. The lowest BCUT2D eigenvalue weighted by Gasteiger charge is -2.05. The number of carbonyl (C=O) groups excluding carboxylic acids is 1. The van der Waals surface area contributed by atoms with Gasteiger partial charge in [-0.2, -0.15) is 0 Å². The first-order valence-electron chi connectivity index (χ1n) is 2.68. The van der Waals surface area contributed by atoms with Crippen molar-refractivity contribution in [3.05, 3.63) is 0 Å². The molecule has 0 bridgehead atoms. The molecule has 0 spiro atoms. The Morgan fingerprint density at radius 1 is 1.67 bits per heavy atom. The summed E-state index contributed by atoms with van der Waals surface area (Å²) in [4.78, 5) is 14.5. The summed E-state index contributed by atoms with van der Waals surface area (Å²) in [7, 11) is 0. The lowest BCUT2D eigenvalue weighted by Crippen LogP contribution is -2.18. The first-order chi connectivity index (χ1) is 4.16. The van der Waals surface area contributed by atoms with E-state index in [1.54, 1.807) is 13.8 Å². The molecule has 0 aliphatic heterocycles.